The van der Waals surface area contributed by atoms with Crippen LogP contribution >= 0.6 is 0 Å². The Morgan fingerprint density at radius 2 is 1.93 bits per heavy atom. The molecule has 150 valence electrons. The molecule has 1 aliphatic rings. The van der Waals surface area contributed by atoms with E-state index in [1.54, 1.807) is 12.1 Å². The fourth-order valence-corrected chi connectivity index (χ4v) is 3.78. The minimum absolute atomic E-state index is 0.141. The lowest BCUT2D eigenvalue weighted by Crippen LogP contribution is -2.40. The van der Waals surface area contributed by atoms with Crippen LogP contribution in [-0.2, 0) is 6.54 Å². The number of rotatable bonds is 7. The molecule has 0 bridgehead atoms. The number of likely N-dealkylation sites (tertiary alicyclic amines) is 1. The van der Waals surface area contributed by atoms with E-state index in [9.17, 15) is 4.79 Å². The highest BCUT2D eigenvalue weighted by Gasteiger charge is 2.21. The van der Waals surface area contributed by atoms with E-state index >= 15 is 0 Å². The number of furan rings is 1. The first-order chi connectivity index (χ1) is 14.3. The quantitative estimate of drug-likeness (QED) is 0.635. The molecular weight excluding hydrogens is 364 g/mol. The Kier molecular flexibility index (Phi) is 6.27. The van der Waals surface area contributed by atoms with Crippen molar-refractivity contribution in [2.75, 3.05) is 19.6 Å². The summed E-state index contributed by atoms with van der Waals surface area (Å²) in [5.74, 6) is 2.38. The SMILES string of the molecule is O=C(NCC1CCCN(Cc2cccc(Oc3ccccc3)c2)C1)c1ccco1. The monoisotopic (exact) mass is 390 g/mol. The Morgan fingerprint density at radius 1 is 1.07 bits per heavy atom. The number of carbonyl (C=O) groups excluding carboxylic acids is 1. The van der Waals surface area contributed by atoms with Gasteiger partial charge < -0.3 is 14.5 Å². The third-order valence-corrected chi connectivity index (χ3v) is 5.18. The number of nitrogens with zero attached hydrogens (tertiary/aromatic N) is 1. The number of hydrogen-bond acceptors (Lipinski definition) is 4. The summed E-state index contributed by atoms with van der Waals surface area (Å²) in [7, 11) is 0. The maximum Gasteiger partial charge on any atom is 0.286 e. The first kappa shape index (κ1) is 19.3. The summed E-state index contributed by atoms with van der Waals surface area (Å²) >= 11 is 0. The first-order valence-corrected chi connectivity index (χ1v) is 10.1. The molecule has 1 aliphatic heterocycles. The molecule has 0 radical (unpaired) electrons. The lowest BCUT2D eigenvalue weighted by Gasteiger charge is -2.32. The average molecular weight is 390 g/mol. The molecule has 5 heteroatoms. The van der Waals surface area contributed by atoms with Gasteiger partial charge in [-0.25, -0.2) is 0 Å². The van der Waals surface area contributed by atoms with Gasteiger partial charge in [0, 0.05) is 19.6 Å². The minimum atomic E-state index is -0.141. The lowest BCUT2D eigenvalue weighted by atomic mass is 9.97. The van der Waals surface area contributed by atoms with Crippen LogP contribution in [0.15, 0.2) is 77.4 Å². The summed E-state index contributed by atoms with van der Waals surface area (Å²) in [6.45, 7) is 3.61. The van der Waals surface area contributed by atoms with Crippen molar-refractivity contribution >= 4 is 5.91 Å². The van der Waals surface area contributed by atoms with Crippen molar-refractivity contribution in [1.29, 1.82) is 0 Å². The molecule has 2 heterocycles. The Balaban J connectivity index is 1.30. The summed E-state index contributed by atoms with van der Waals surface area (Å²) in [5, 5.41) is 3.00. The molecule has 1 fully saturated rings. The summed E-state index contributed by atoms with van der Waals surface area (Å²) in [6.07, 6.45) is 3.79. The molecule has 1 N–H and O–H groups in total. The Labute approximate surface area is 171 Å². The Morgan fingerprint density at radius 3 is 2.76 bits per heavy atom. The zero-order valence-corrected chi connectivity index (χ0v) is 16.4. The van der Waals surface area contributed by atoms with E-state index in [-0.39, 0.29) is 5.91 Å². The van der Waals surface area contributed by atoms with E-state index in [1.807, 2.05) is 42.5 Å². The minimum Gasteiger partial charge on any atom is -0.459 e. The molecule has 5 nitrogen and oxygen atoms in total. The normalized spacial score (nSPS) is 17.0. The van der Waals surface area contributed by atoms with Gasteiger partial charge in [0.15, 0.2) is 5.76 Å². The van der Waals surface area contributed by atoms with Gasteiger partial charge >= 0.3 is 0 Å². The van der Waals surface area contributed by atoms with E-state index < -0.39 is 0 Å². The van der Waals surface area contributed by atoms with Crippen LogP contribution in [0, 0.1) is 5.92 Å². The average Bonchev–Trinajstić information content (AvgIpc) is 3.28. The van der Waals surface area contributed by atoms with Gasteiger partial charge in [0.05, 0.1) is 6.26 Å². The molecule has 0 aliphatic carbocycles. The molecule has 1 amide bonds. The van der Waals surface area contributed by atoms with Gasteiger partial charge in [0.25, 0.3) is 5.91 Å². The predicted molar refractivity (Wildman–Crippen MR) is 112 cm³/mol. The van der Waals surface area contributed by atoms with Gasteiger partial charge in [-0.2, -0.15) is 0 Å². The molecule has 4 rings (SSSR count). The van der Waals surface area contributed by atoms with Gasteiger partial charge in [-0.15, -0.1) is 0 Å². The topological polar surface area (TPSA) is 54.7 Å². The number of amides is 1. The third kappa shape index (κ3) is 5.48. The van der Waals surface area contributed by atoms with Crippen molar-refractivity contribution in [2.24, 2.45) is 5.92 Å². The van der Waals surface area contributed by atoms with Crippen molar-refractivity contribution in [3.8, 4) is 11.5 Å². The van der Waals surface area contributed by atoms with Crippen molar-refractivity contribution in [1.82, 2.24) is 10.2 Å². The molecule has 1 unspecified atom stereocenters. The van der Waals surface area contributed by atoms with E-state index in [4.69, 9.17) is 9.15 Å². The fourth-order valence-electron chi connectivity index (χ4n) is 3.78. The van der Waals surface area contributed by atoms with E-state index in [0.717, 1.165) is 44.0 Å². The van der Waals surface area contributed by atoms with Crippen LogP contribution < -0.4 is 10.1 Å². The number of benzene rings is 2. The summed E-state index contributed by atoms with van der Waals surface area (Å²) in [6, 6.07) is 21.5. The lowest BCUT2D eigenvalue weighted by molar-refractivity contribution is 0.0903. The highest BCUT2D eigenvalue weighted by molar-refractivity contribution is 5.91. The second-order valence-corrected chi connectivity index (χ2v) is 7.49. The van der Waals surface area contributed by atoms with Crippen LogP contribution in [0.3, 0.4) is 0 Å². The second kappa shape index (κ2) is 9.43. The van der Waals surface area contributed by atoms with Crippen LogP contribution in [-0.4, -0.2) is 30.4 Å². The van der Waals surface area contributed by atoms with E-state index in [0.29, 0.717) is 18.2 Å². The van der Waals surface area contributed by atoms with Gasteiger partial charge in [0.2, 0.25) is 0 Å². The van der Waals surface area contributed by atoms with Crippen LogP contribution in [0.25, 0.3) is 0 Å². The van der Waals surface area contributed by atoms with Gasteiger partial charge in [-0.1, -0.05) is 30.3 Å². The molecule has 1 atom stereocenters. The standard InChI is InChI=1S/C24H26N2O3/c27-24(23-12-6-14-28-23)25-16-20-8-5-13-26(18-20)17-19-7-4-11-22(15-19)29-21-9-2-1-3-10-21/h1-4,6-7,9-12,14-15,20H,5,8,13,16-18H2,(H,25,27). The molecule has 0 spiro atoms. The van der Waals surface area contributed by atoms with E-state index in [2.05, 4.69) is 22.3 Å². The number of piperidine rings is 1. The second-order valence-electron chi connectivity index (χ2n) is 7.49. The largest absolute Gasteiger partial charge is 0.459 e. The Hall–Kier alpha value is -3.05. The van der Waals surface area contributed by atoms with Crippen LogP contribution in [0.1, 0.15) is 29.0 Å². The molecular formula is C24H26N2O3. The zero-order valence-electron chi connectivity index (χ0n) is 16.4. The number of carbonyl (C=O) groups is 1. The van der Waals surface area contributed by atoms with Crippen molar-refractivity contribution in [3.63, 3.8) is 0 Å². The van der Waals surface area contributed by atoms with Gasteiger partial charge in [-0.3, -0.25) is 9.69 Å². The summed E-state index contributed by atoms with van der Waals surface area (Å²) in [4.78, 5) is 14.5. The van der Waals surface area contributed by atoms with Crippen molar-refractivity contribution < 1.29 is 13.9 Å². The van der Waals surface area contributed by atoms with Crippen LogP contribution in [0.2, 0.25) is 0 Å². The first-order valence-electron chi connectivity index (χ1n) is 10.1. The number of nitrogens with one attached hydrogen (secondary N) is 1. The zero-order chi connectivity index (χ0) is 19.9. The molecule has 2 aromatic carbocycles. The predicted octanol–water partition coefficient (Wildman–Crippen LogP) is 4.71. The highest BCUT2D eigenvalue weighted by atomic mass is 16.5. The number of ether oxygens (including phenoxy) is 1. The van der Waals surface area contributed by atoms with Gasteiger partial charge in [0.1, 0.15) is 11.5 Å². The number of hydrogen-bond donors (Lipinski definition) is 1. The fraction of sp³-hybridized carbons (Fsp3) is 0.292. The van der Waals surface area contributed by atoms with E-state index in [1.165, 1.54) is 11.8 Å². The highest BCUT2D eigenvalue weighted by Crippen LogP contribution is 2.24. The van der Waals surface area contributed by atoms with Crippen molar-refractivity contribution in [3.05, 3.63) is 84.3 Å². The van der Waals surface area contributed by atoms with Crippen molar-refractivity contribution in [2.45, 2.75) is 19.4 Å². The molecule has 0 saturated carbocycles. The molecule has 1 saturated heterocycles. The summed E-state index contributed by atoms with van der Waals surface area (Å²) < 4.78 is 11.1. The molecule has 3 aromatic rings. The number of para-hydroxylation sites is 1. The molecule has 1 aromatic heterocycles. The summed E-state index contributed by atoms with van der Waals surface area (Å²) in [5.41, 5.74) is 1.23. The van der Waals surface area contributed by atoms with Gasteiger partial charge in [-0.05, 0) is 67.3 Å². The maximum atomic E-state index is 12.1. The van der Waals surface area contributed by atoms with Crippen LogP contribution in [0.4, 0.5) is 0 Å². The maximum absolute atomic E-state index is 12.1. The smallest absolute Gasteiger partial charge is 0.286 e. The van der Waals surface area contributed by atoms with Crippen LogP contribution in [0.5, 0.6) is 11.5 Å². The Bertz CT molecular complexity index is 909. The third-order valence-electron chi connectivity index (χ3n) is 5.18. The molecule has 29 heavy (non-hydrogen) atoms.